The summed E-state index contributed by atoms with van der Waals surface area (Å²) in [5, 5.41) is 3.47. The monoisotopic (exact) mass is 326 g/mol. The lowest BCUT2D eigenvalue weighted by Gasteiger charge is -2.17. The minimum absolute atomic E-state index is 0.309. The summed E-state index contributed by atoms with van der Waals surface area (Å²) in [6.45, 7) is 0.444. The molecule has 1 aromatic heterocycles. The maximum Gasteiger partial charge on any atom is 0.270 e. The van der Waals surface area contributed by atoms with Gasteiger partial charge in [-0.05, 0) is 36.4 Å². The van der Waals surface area contributed by atoms with Gasteiger partial charge in [0.15, 0.2) is 17.7 Å². The van der Waals surface area contributed by atoms with Gasteiger partial charge in [0.2, 0.25) is 0 Å². The first-order chi connectivity index (χ1) is 11.7. The van der Waals surface area contributed by atoms with E-state index in [1.807, 2.05) is 18.2 Å². The van der Waals surface area contributed by atoms with Gasteiger partial charge in [-0.2, -0.15) is 0 Å². The summed E-state index contributed by atoms with van der Waals surface area (Å²) < 4.78 is 24.7. The number of H-pyrrole nitrogens is 1. The number of carbonyl (C=O) groups excluding carboxylic acids is 1. The van der Waals surface area contributed by atoms with Crippen LogP contribution in [0.3, 0.4) is 0 Å². The van der Waals surface area contributed by atoms with Crippen LogP contribution in [0.2, 0.25) is 0 Å². The summed E-state index contributed by atoms with van der Waals surface area (Å²) in [7, 11) is 0. The van der Waals surface area contributed by atoms with Gasteiger partial charge in [0.25, 0.3) is 5.91 Å². The topological polar surface area (TPSA) is 63.4 Å². The normalized spacial score (nSPS) is 16.6. The van der Waals surface area contributed by atoms with Gasteiger partial charge in [-0.15, -0.1) is 0 Å². The highest BCUT2D eigenvalue weighted by atomic mass is 19.1. The molecular weight excluding hydrogens is 311 g/mol. The Hall–Kier alpha value is -3.02. The number of aromatic amines is 1. The van der Waals surface area contributed by atoms with Crippen LogP contribution in [0.25, 0.3) is 10.9 Å². The Morgan fingerprint density at radius 1 is 1.17 bits per heavy atom. The van der Waals surface area contributed by atoms with Crippen molar-refractivity contribution in [3.63, 3.8) is 0 Å². The summed E-state index contributed by atoms with van der Waals surface area (Å²) in [6, 6.07) is 13.3. The molecule has 2 aromatic carbocycles. The van der Waals surface area contributed by atoms with Crippen molar-refractivity contribution < 1.29 is 18.7 Å². The Labute approximate surface area is 137 Å². The van der Waals surface area contributed by atoms with Gasteiger partial charge in [-0.3, -0.25) is 4.79 Å². The van der Waals surface area contributed by atoms with Crippen molar-refractivity contribution in [3.05, 3.63) is 60.0 Å². The highest BCUT2D eigenvalue weighted by Crippen LogP contribution is 2.29. The van der Waals surface area contributed by atoms with Crippen molar-refractivity contribution in [2.24, 2.45) is 0 Å². The van der Waals surface area contributed by atoms with Crippen LogP contribution < -0.4 is 14.8 Å². The zero-order valence-electron chi connectivity index (χ0n) is 12.7. The van der Waals surface area contributed by atoms with E-state index >= 15 is 0 Å². The van der Waals surface area contributed by atoms with E-state index in [2.05, 4.69) is 10.3 Å². The first-order valence-corrected chi connectivity index (χ1v) is 7.67. The highest BCUT2D eigenvalue weighted by Gasteiger charge is 2.21. The zero-order chi connectivity index (χ0) is 16.5. The van der Waals surface area contributed by atoms with E-state index in [0.717, 1.165) is 0 Å². The minimum atomic E-state index is -0.496. The molecule has 1 amide bonds. The van der Waals surface area contributed by atoms with Gasteiger partial charge >= 0.3 is 0 Å². The largest absolute Gasteiger partial charge is 0.489 e. The summed E-state index contributed by atoms with van der Waals surface area (Å²) in [5.74, 6) is 0.611. The maximum atomic E-state index is 13.3. The van der Waals surface area contributed by atoms with E-state index in [1.165, 1.54) is 12.1 Å². The smallest absolute Gasteiger partial charge is 0.270 e. The third-order valence-corrected chi connectivity index (χ3v) is 3.88. The van der Waals surface area contributed by atoms with E-state index in [4.69, 9.17) is 9.47 Å². The molecular formula is C18H15FN2O3. The average molecular weight is 326 g/mol. The molecule has 0 saturated heterocycles. The third-order valence-electron chi connectivity index (χ3n) is 3.88. The average Bonchev–Trinajstić information content (AvgIpc) is 2.88. The van der Waals surface area contributed by atoms with Crippen LogP contribution in [0.15, 0.2) is 48.5 Å². The lowest BCUT2D eigenvalue weighted by Crippen LogP contribution is -2.39. The molecule has 5 nitrogen and oxygen atoms in total. The molecule has 0 saturated carbocycles. The van der Waals surface area contributed by atoms with Gasteiger partial charge in [-0.25, -0.2) is 4.39 Å². The van der Waals surface area contributed by atoms with E-state index in [9.17, 15) is 9.18 Å². The van der Waals surface area contributed by atoms with Crippen LogP contribution in [0.1, 0.15) is 16.9 Å². The lowest BCUT2D eigenvalue weighted by atomic mass is 10.2. The molecule has 6 heteroatoms. The Kier molecular flexibility index (Phi) is 3.57. The third kappa shape index (κ3) is 2.78. The van der Waals surface area contributed by atoms with E-state index in [-0.39, 0.29) is 11.7 Å². The standard InChI is InChI=1S/C18H15FN2O3/c19-12-5-6-13-11(9-12)10-14(20-13)18(22)21-17-7-8-23-15-3-1-2-4-16(15)24-17/h1-6,9-10,17,20H,7-8H2,(H,21,22). The molecule has 1 unspecified atom stereocenters. The van der Waals surface area contributed by atoms with Gasteiger partial charge in [0.1, 0.15) is 11.5 Å². The molecule has 1 aliphatic heterocycles. The van der Waals surface area contributed by atoms with Crippen LogP contribution in [-0.2, 0) is 0 Å². The van der Waals surface area contributed by atoms with Crippen molar-refractivity contribution in [2.75, 3.05) is 6.61 Å². The zero-order valence-corrected chi connectivity index (χ0v) is 12.7. The fraction of sp³-hybridized carbons (Fsp3) is 0.167. The van der Waals surface area contributed by atoms with Crippen molar-refractivity contribution in [1.29, 1.82) is 0 Å². The Balaban J connectivity index is 1.52. The molecule has 0 fully saturated rings. The van der Waals surface area contributed by atoms with Gasteiger partial charge in [-0.1, -0.05) is 12.1 Å². The number of ether oxygens (including phenoxy) is 2. The molecule has 3 aromatic rings. The molecule has 2 heterocycles. The number of rotatable bonds is 2. The summed E-state index contributed by atoms with van der Waals surface area (Å²) in [6.07, 6.45) is 0.0271. The first-order valence-electron chi connectivity index (χ1n) is 7.67. The van der Waals surface area contributed by atoms with Crippen LogP contribution in [0.5, 0.6) is 11.5 Å². The number of hydrogen-bond donors (Lipinski definition) is 2. The molecule has 0 radical (unpaired) electrons. The number of benzene rings is 2. The summed E-state index contributed by atoms with van der Waals surface area (Å²) in [4.78, 5) is 15.4. The van der Waals surface area contributed by atoms with Crippen LogP contribution >= 0.6 is 0 Å². The summed E-state index contributed by atoms with van der Waals surface area (Å²) in [5.41, 5.74) is 1.06. The maximum absolute atomic E-state index is 13.3. The number of halogens is 1. The molecule has 122 valence electrons. The van der Waals surface area contributed by atoms with Crippen molar-refractivity contribution in [1.82, 2.24) is 10.3 Å². The van der Waals surface area contributed by atoms with Crippen LogP contribution in [0, 0.1) is 5.82 Å². The van der Waals surface area contributed by atoms with E-state index in [1.54, 1.807) is 18.2 Å². The van der Waals surface area contributed by atoms with E-state index < -0.39 is 6.23 Å². The second-order valence-electron chi connectivity index (χ2n) is 5.58. The molecule has 1 aliphatic rings. The Bertz CT molecular complexity index is 906. The van der Waals surface area contributed by atoms with Crippen molar-refractivity contribution >= 4 is 16.8 Å². The molecule has 24 heavy (non-hydrogen) atoms. The first kappa shape index (κ1) is 14.6. The SMILES string of the molecule is O=C(NC1CCOc2ccccc2O1)c1cc2cc(F)ccc2[nH]1. The number of carbonyl (C=O) groups is 1. The number of amides is 1. The van der Waals surface area contributed by atoms with Crippen molar-refractivity contribution in [3.8, 4) is 11.5 Å². The van der Waals surface area contributed by atoms with E-state index in [0.29, 0.717) is 41.1 Å². The number of fused-ring (bicyclic) bond motifs is 2. The second-order valence-corrected chi connectivity index (χ2v) is 5.58. The highest BCUT2D eigenvalue weighted by molar-refractivity contribution is 5.98. The number of aromatic nitrogens is 1. The second kappa shape index (κ2) is 5.88. The molecule has 0 aliphatic carbocycles. The van der Waals surface area contributed by atoms with Crippen LogP contribution in [-0.4, -0.2) is 23.7 Å². The quantitative estimate of drug-likeness (QED) is 0.760. The summed E-state index contributed by atoms with van der Waals surface area (Å²) >= 11 is 0. The number of nitrogens with one attached hydrogen (secondary N) is 2. The predicted octanol–water partition coefficient (Wildman–Crippen LogP) is 3.22. The molecule has 0 spiro atoms. The predicted molar refractivity (Wildman–Crippen MR) is 86.7 cm³/mol. The number of hydrogen-bond acceptors (Lipinski definition) is 3. The van der Waals surface area contributed by atoms with Crippen LogP contribution in [0.4, 0.5) is 4.39 Å². The fourth-order valence-corrected chi connectivity index (χ4v) is 2.71. The Morgan fingerprint density at radius 2 is 2.00 bits per heavy atom. The lowest BCUT2D eigenvalue weighted by molar-refractivity contribution is 0.0814. The molecule has 2 N–H and O–H groups in total. The van der Waals surface area contributed by atoms with Crippen molar-refractivity contribution in [2.45, 2.75) is 12.6 Å². The van der Waals surface area contributed by atoms with Gasteiger partial charge in [0.05, 0.1) is 6.61 Å². The van der Waals surface area contributed by atoms with Gasteiger partial charge in [0, 0.05) is 17.3 Å². The molecule has 1 atom stereocenters. The molecule has 0 bridgehead atoms. The number of para-hydroxylation sites is 2. The minimum Gasteiger partial charge on any atom is -0.489 e. The Morgan fingerprint density at radius 3 is 2.88 bits per heavy atom. The molecule has 4 rings (SSSR count). The van der Waals surface area contributed by atoms with Gasteiger partial charge < -0.3 is 19.8 Å². The fourth-order valence-electron chi connectivity index (χ4n) is 2.71.